The summed E-state index contributed by atoms with van der Waals surface area (Å²) in [4.78, 5) is 10.3. The molecular formula is C11H20O. The maximum absolute atomic E-state index is 10.3. The molecule has 0 radical (unpaired) electrons. The highest BCUT2D eigenvalue weighted by Crippen LogP contribution is 2.32. The molecule has 0 amide bonds. The number of hydrogen-bond donors (Lipinski definition) is 0. The predicted octanol–water partition coefficient (Wildman–Crippen LogP) is 3.18. The Morgan fingerprint density at radius 2 is 1.75 bits per heavy atom. The lowest BCUT2D eigenvalue weighted by Crippen LogP contribution is -2.14. The average Bonchev–Trinajstić information content (AvgIpc) is 2.09. The van der Waals surface area contributed by atoms with Gasteiger partial charge >= 0.3 is 0 Å². The Bertz CT molecular complexity index is 123. The largest absolute Gasteiger partial charge is 0.303 e. The first kappa shape index (κ1) is 9.76. The summed E-state index contributed by atoms with van der Waals surface area (Å²) in [6.45, 7) is 2.26. The van der Waals surface area contributed by atoms with E-state index in [1.165, 1.54) is 38.5 Å². The topological polar surface area (TPSA) is 17.1 Å². The van der Waals surface area contributed by atoms with Crippen LogP contribution in [0, 0.1) is 11.8 Å². The van der Waals surface area contributed by atoms with E-state index in [0.29, 0.717) is 0 Å². The summed E-state index contributed by atoms with van der Waals surface area (Å²) < 4.78 is 0. The molecule has 0 atom stereocenters. The molecule has 1 aliphatic carbocycles. The second kappa shape index (κ2) is 5.34. The molecule has 1 aliphatic rings. The molecule has 1 heteroatoms. The van der Waals surface area contributed by atoms with Crippen LogP contribution in [0.5, 0.6) is 0 Å². The Balaban J connectivity index is 2.15. The van der Waals surface area contributed by atoms with Crippen molar-refractivity contribution in [1.29, 1.82) is 0 Å². The molecule has 0 spiro atoms. The minimum atomic E-state index is 0.718. The van der Waals surface area contributed by atoms with Crippen molar-refractivity contribution in [2.75, 3.05) is 0 Å². The van der Waals surface area contributed by atoms with Crippen molar-refractivity contribution in [1.82, 2.24) is 0 Å². The lowest BCUT2D eigenvalue weighted by atomic mass is 9.79. The van der Waals surface area contributed by atoms with Gasteiger partial charge in [-0.3, -0.25) is 0 Å². The molecule has 0 aromatic heterocycles. The van der Waals surface area contributed by atoms with Crippen molar-refractivity contribution in [3.8, 4) is 0 Å². The molecule has 0 heterocycles. The van der Waals surface area contributed by atoms with Gasteiger partial charge in [0.1, 0.15) is 6.29 Å². The van der Waals surface area contributed by atoms with Crippen molar-refractivity contribution < 1.29 is 4.79 Å². The molecule has 0 bridgehead atoms. The number of carbonyl (C=O) groups is 1. The molecule has 0 aromatic carbocycles. The van der Waals surface area contributed by atoms with E-state index in [-0.39, 0.29) is 0 Å². The maximum atomic E-state index is 10.3. The van der Waals surface area contributed by atoms with E-state index in [9.17, 15) is 4.79 Å². The fraction of sp³-hybridized carbons (Fsp3) is 0.909. The zero-order valence-electron chi connectivity index (χ0n) is 8.09. The Labute approximate surface area is 75.5 Å². The summed E-state index contributed by atoms with van der Waals surface area (Å²) in [5.41, 5.74) is 0. The van der Waals surface area contributed by atoms with Gasteiger partial charge in [-0.15, -0.1) is 0 Å². The lowest BCUT2D eigenvalue weighted by molar-refractivity contribution is -0.108. The van der Waals surface area contributed by atoms with Crippen LogP contribution in [0.25, 0.3) is 0 Å². The van der Waals surface area contributed by atoms with Crippen LogP contribution in [0.2, 0.25) is 0 Å². The summed E-state index contributed by atoms with van der Waals surface area (Å²) in [6.07, 6.45) is 9.94. The van der Waals surface area contributed by atoms with Crippen molar-refractivity contribution in [2.24, 2.45) is 11.8 Å². The lowest BCUT2D eigenvalue weighted by Gasteiger charge is -2.26. The van der Waals surface area contributed by atoms with Crippen LogP contribution < -0.4 is 0 Å². The molecule has 1 nitrogen and oxygen atoms in total. The van der Waals surface area contributed by atoms with Crippen LogP contribution in [0.1, 0.15) is 51.9 Å². The Morgan fingerprint density at radius 3 is 2.25 bits per heavy atom. The Hall–Kier alpha value is -0.330. The van der Waals surface area contributed by atoms with Gasteiger partial charge in [0.25, 0.3) is 0 Å². The van der Waals surface area contributed by atoms with E-state index in [4.69, 9.17) is 0 Å². The monoisotopic (exact) mass is 168 g/mol. The third kappa shape index (κ3) is 2.96. The Kier molecular flexibility index (Phi) is 4.34. The summed E-state index contributed by atoms with van der Waals surface area (Å²) in [5.74, 6) is 1.69. The summed E-state index contributed by atoms with van der Waals surface area (Å²) in [6, 6.07) is 0. The highest BCUT2D eigenvalue weighted by Gasteiger charge is 2.19. The molecule has 0 aromatic rings. The fourth-order valence-corrected chi connectivity index (χ4v) is 2.30. The molecule has 0 saturated heterocycles. The van der Waals surface area contributed by atoms with E-state index in [0.717, 1.165) is 24.5 Å². The molecular weight excluding hydrogens is 148 g/mol. The van der Waals surface area contributed by atoms with Gasteiger partial charge in [-0.25, -0.2) is 0 Å². The van der Waals surface area contributed by atoms with Crippen molar-refractivity contribution in [3.63, 3.8) is 0 Å². The molecule has 1 saturated carbocycles. The number of rotatable bonds is 4. The van der Waals surface area contributed by atoms with Crippen LogP contribution in [-0.2, 0) is 4.79 Å². The van der Waals surface area contributed by atoms with Crippen molar-refractivity contribution in [2.45, 2.75) is 51.9 Å². The summed E-state index contributed by atoms with van der Waals surface area (Å²) >= 11 is 0. The number of carbonyl (C=O) groups excluding carboxylic acids is 1. The first-order valence-electron chi connectivity index (χ1n) is 5.30. The van der Waals surface area contributed by atoms with Gasteiger partial charge in [-0.2, -0.15) is 0 Å². The van der Waals surface area contributed by atoms with Gasteiger partial charge in [0.15, 0.2) is 0 Å². The van der Waals surface area contributed by atoms with Crippen LogP contribution in [0.15, 0.2) is 0 Å². The van der Waals surface area contributed by atoms with Crippen LogP contribution in [-0.4, -0.2) is 6.29 Å². The van der Waals surface area contributed by atoms with Crippen LogP contribution >= 0.6 is 0 Å². The molecule has 1 rings (SSSR count). The molecule has 12 heavy (non-hydrogen) atoms. The quantitative estimate of drug-likeness (QED) is 0.589. The third-order valence-corrected chi connectivity index (χ3v) is 3.09. The van der Waals surface area contributed by atoms with E-state index >= 15 is 0 Å². The first-order valence-corrected chi connectivity index (χ1v) is 5.30. The zero-order chi connectivity index (χ0) is 8.81. The molecule has 0 N–H and O–H groups in total. The van der Waals surface area contributed by atoms with Crippen LogP contribution in [0.4, 0.5) is 0 Å². The molecule has 1 fully saturated rings. The van der Waals surface area contributed by atoms with E-state index in [1.807, 2.05) is 0 Å². The van der Waals surface area contributed by atoms with Gasteiger partial charge in [-0.1, -0.05) is 32.6 Å². The van der Waals surface area contributed by atoms with Gasteiger partial charge in [-0.05, 0) is 24.7 Å². The molecule has 70 valence electrons. The Morgan fingerprint density at radius 1 is 1.17 bits per heavy atom. The minimum absolute atomic E-state index is 0.718. The van der Waals surface area contributed by atoms with E-state index < -0.39 is 0 Å². The number of aldehydes is 1. The maximum Gasteiger partial charge on any atom is 0.120 e. The van der Waals surface area contributed by atoms with E-state index in [2.05, 4.69) is 6.92 Å². The van der Waals surface area contributed by atoms with Gasteiger partial charge in [0, 0.05) is 6.42 Å². The summed E-state index contributed by atoms with van der Waals surface area (Å²) in [5, 5.41) is 0. The summed E-state index contributed by atoms with van der Waals surface area (Å²) in [7, 11) is 0. The van der Waals surface area contributed by atoms with Gasteiger partial charge < -0.3 is 4.79 Å². The smallest absolute Gasteiger partial charge is 0.120 e. The normalized spacial score (nSPS) is 30.1. The standard InChI is InChI=1S/C11H20O/c1-2-3-10-4-6-11(7-5-10)8-9-12/h9-11H,2-8H2,1H3. The fourth-order valence-electron chi connectivity index (χ4n) is 2.30. The second-order valence-corrected chi connectivity index (χ2v) is 4.08. The second-order valence-electron chi connectivity index (χ2n) is 4.08. The number of hydrogen-bond acceptors (Lipinski definition) is 1. The predicted molar refractivity (Wildman–Crippen MR) is 51.0 cm³/mol. The average molecular weight is 168 g/mol. The molecule has 0 unspecified atom stereocenters. The van der Waals surface area contributed by atoms with Crippen molar-refractivity contribution in [3.05, 3.63) is 0 Å². The van der Waals surface area contributed by atoms with Crippen LogP contribution in [0.3, 0.4) is 0 Å². The van der Waals surface area contributed by atoms with Gasteiger partial charge in [0.2, 0.25) is 0 Å². The van der Waals surface area contributed by atoms with E-state index in [1.54, 1.807) is 0 Å². The highest BCUT2D eigenvalue weighted by molar-refractivity contribution is 5.49. The van der Waals surface area contributed by atoms with Gasteiger partial charge in [0.05, 0.1) is 0 Å². The zero-order valence-corrected chi connectivity index (χ0v) is 8.09. The molecule has 0 aliphatic heterocycles. The van der Waals surface area contributed by atoms with Crippen molar-refractivity contribution >= 4 is 6.29 Å². The first-order chi connectivity index (χ1) is 5.86. The minimum Gasteiger partial charge on any atom is -0.303 e. The third-order valence-electron chi connectivity index (χ3n) is 3.09. The SMILES string of the molecule is CCCC1CCC(CC=O)CC1. The highest BCUT2D eigenvalue weighted by atomic mass is 16.1.